The number of nitro groups is 1. The number of non-ortho nitro benzene ring substituents is 1. The first kappa shape index (κ1) is 13.7. The Morgan fingerprint density at radius 2 is 2.26 bits per heavy atom. The predicted octanol–water partition coefficient (Wildman–Crippen LogP) is 2.48. The zero-order valence-corrected chi connectivity index (χ0v) is 11.0. The summed E-state index contributed by atoms with van der Waals surface area (Å²) in [6, 6.07) is 8.35. The van der Waals surface area contributed by atoms with Crippen LogP contribution in [0.5, 0.6) is 0 Å². The summed E-state index contributed by atoms with van der Waals surface area (Å²) >= 11 is 1.54. The van der Waals surface area contributed by atoms with Gasteiger partial charge in [-0.15, -0.1) is 0 Å². The summed E-state index contributed by atoms with van der Waals surface area (Å²) in [5.74, 6) is 0. The van der Waals surface area contributed by atoms with E-state index >= 15 is 0 Å². The van der Waals surface area contributed by atoms with E-state index < -0.39 is 11.0 Å². The van der Waals surface area contributed by atoms with Gasteiger partial charge < -0.3 is 10.4 Å². The molecule has 0 aliphatic heterocycles. The maximum Gasteiger partial charge on any atom is 0.269 e. The fraction of sp³-hybridized carbons (Fsp3) is 0.231. The largest absolute Gasteiger partial charge is 0.387 e. The van der Waals surface area contributed by atoms with Crippen molar-refractivity contribution < 1.29 is 10.0 Å². The monoisotopic (exact) mass is 278 g/mol. The van der Waals surface area contributed by atoms with Gasteiger partial charge >= 0.3 is 0 Å². The molecule has 0 saturated carbocycles. The molecule has 2 N–H and O–H groups in total. The van der Waals surface area contributed by atoms with Crippen molar-refractivity contribution in [2.45, 2.75) is 12.6 Å². The molecule has 0 bridgehead atoms. The Morgan fingerprint density at radius 3 is 2.95 bits per heavy atom. The average molecular weight is 278 g/mol. The van der Waals surface area contributed by atoms with Gasteiger partial charge in [-0.3, -0.25) is 10.1 Å². The van der Waals surface area contributed by atoms with Crippen LogP contribution >= 0.6 is 11.3 Å². The molecule has 2 rings (SSSR count). The Balaban J connectivity index is 1.86. The molecule has 0 aliphatic rings. The molecule has 19 heavy (non-hydrogen) atoms. The van der Waals surface area contributed by atoms with Crippen LogP contribution in [0.25, 0.3) is 0 Å². The summed E-state index contributed by atoms with van der Waals surface area (Å²) in [6.45, 7) is 0.905. The van der Waals surface area contributed by atoms with Crippen LogP contribution in [-0.4, -0.2) is 16.6 Å². The molecule has 1 aromatic carbocycles. The third kappa shape index (κ3) is 3.85. The molecule has 0 radical (unpaired) electrons. The molecular formula is C13H14N2O3S. The van der Waals surface area contributed by atoms with Crippen molar-refractivity contribution in [1.82, 2.24) is 5.32 Å². The highest BCUT2D eigenvalue weighted by Crippen LogP contribution is 2.16. The number of nitrogens with zero attached hydrogens (tertiary/aromatic N) is 1. The standard InChI is InChI=1S/C13H14N2O3S/c16-13(11-4-5-19-9-11)8-14-7-10-2-1-3-12(6-10)15(17)18/h1-6,9,13-14,16H,7-8H2. The van der Waals surface area contributed by atoms with Crippen LogP contribution in [0, 0.1) is 10.1 Å². The molecular weight excluding hydrogens is 264 g/mol. The lowest BCUT2D eigenvalue weighted by atomic mass is 10.2. The third-order valence-electron chi connectivity index (χ3n) is 2.72. The van der Waals surface area contributed by atoms with Gasteiger partial charge in [0.1, 0.15) is 0 Å². The molecule has 1 aromatic heterocycles. The van der Waals surface area contributed by atoms with Gasteiger partial charge in [0, 0.05) is 25.2 Å². The fourth-order valence-electron chi connectivity index (χ4n) is 1.72. The Bertz CT molecular complexity index is 543. The molecule has 1 unspecified atom stereocenters. The molecule has 0 spiro atoms. The lowest BCUT2D eigenvalue weighted by Crippen LogP contribution is -2.20. The molecule has 0 fully saturated rings. The first-order chi connectivity index (χ1) is 9.16. The van der Waals surface area contributed by atoms with Crippen molar-refractivity contribution >= 4 is 17.0 Å². The van der Waals surface area contributed by atoms with Crippen LogP contribution in [0.2, 0.25) is 0 Å². The van der Waals surface area contributed by atoms with Gasteiger partial charge in [0.15, 0.2) is 0 Å². The summed E-state index contributed by atoms with van der Waals surface area (Å²) in [6.07, 6.45) is -0.551. The van der Waals surface area contributed by atoms with Crippen LogP contribution in [0.1, 0.15) is 17.2 Å². The second-order valence-electron chi connectivity index (χ2n) is 4.13. The van der Waals surface area contributed by atoms with Crippen LogP contribution in [0.3, 0.4) is 0 Å². The van der Waals surface area contributed by atoms with Crippen molar-refractivity contribution in [2.24, 2.45) is 0 Å². The van der Waals surface area contributed by atoms with Crippen LogP contribution in [-0.2, 0) is 6.54 Å². The van der Waals surface area contributed by atoms with E-state index in [1.807, 2.05) is 22.9 Å². The fourth-order valence-corrected chi connectivity index (χ4v) is 2.42. The lowest BCUT2D eigenvalue weighted by molar-refractivity contribution is -0.384. The Hall–Kier alpha value is -1.76. The number of nitrogens with one attached hydrogen (secondary N) is 1. The van der Waals surface area contributed by atoms with E-state index in [4.69, 9.17) is 0 Å². The second-order valence-corrected chi connectivity index (χ2v) is 4.91. The minimum absolute atomic E-state index is 0.0812. The summed E-state index contributed by atoms with van der Waals surface area (Å²) in [4.78, 5) is 10.2. The van der Waals surface area contributed by atoms with Gasteiger partial charge in [0.2, 0.25) is 0 Å². The van der Waals surface area contributed by atoms with E-state index in [0.717, 1.165) is 11.1 Å². The first-order valence-corrected chi connectivity index (χ1v) is 6.75. The number of aliphatic hydroxyl groups excluding tert-OH is 1. The normalized spacial score (nSPS) is 12.3. The van der Waals surface area contributed by atoms with Gasteiger partial charge in [-0.2, -0.15) is 11.3 Å². The van der Waals surface area contributed by atoms with Crippen LogP contribution in [0.15, 0.2) is 41.1 Å². The van der Waals surface area contributed by atoms with Gasteiger partial charge in [0.05, 0.1) is 11.0 Å². The zero-order valence-electron chi connectivity index (χ0n) is 10.2. The molecule has 1 atom stereocenters. The van der Waals surface area contributed by atoms with E-state index in [1.54, 1.807) is 17.4 Å². The third-order valence-corrected chi connectivity index (χ3v) is 3.42. The minimum Gasteiger partial charge on any atom is -0.387 e. The maximum atomic E-state index is 10.6. The number of thiophene rings is 1. The first-order valence-electron chi connectivity index (χ1n) is 5.81. The van der Waals surface area contributed by atoms with E-state index in [-0.39, 0.29) is 5.69 Å². The van der Waals surface area contributed by atoms with E-state index in [1.165, 1.54) is 12.1 Å². The average Bonchev–Trinajstić information content (AvgIpc) is 2.93. The lowest BCUT2D eigenvalue weighted by Gasteiger charge is -2.10. The van der Waals surface area contributed by atoms with Gasteiger partial charge in [0.25, 0.3) is 5.69 Å². The molecule has 0 amide bonds. The van der Waals surface area contributed by atoms with Crippen molar-refractivity contribution in [2.75, 3.05) is 6.54 Å². The van der Waals surface area contributed by atoms with Crippen molar-refractivity contribution in [1.29, 1.82) is 0 Å². The number of benzene rings is 1. The number of hydrogen-bond acceptors (Lipinski definition) is 5. The highest BCUT2D eigenvalue weighted by Gasteiger charge is 2.08. The SMILES string of the molecule is O=[N+]([O-])c1cccc(CNCC(O)c2ccsc2)c1. The molecule has 100 valence electrons. The molecule has 0 saturated heterocycles. The van der Waals surface area contributed by atoms with Gasteiger partial charge in [-0.1, -0.05) is 12.1 Å². The van der Waals surface area contributed by atoms with Gasteiger partial charge in [-0.05, 0) is 28.0 Å². The topological polar surface area (TPSA) is 75.4 Å². The van der Waals surface area contributed by atoms with E-state index in [2.05, 4.69) is 5.32 Å². The summed E-state index contributed by atoms with van der Waals surface area (Å²) < 4.78 is 0. The highest BCUT2D eigenvalue weighted by atomic mass is 32.1. The second kappa shape index (κ2) is 6.42. The van der Waals surface area contributed by atoms with E-state index in [0.29, 0.717) is 13.1 Å². The summed E-state index contributed by atoms with van der Waals surface area (Å²) in [7, 11) is 0. The number of hydrogen-bond donors (Lipinski definition) is 2. The van der Waals surface area contributed by atoms with E-state index in [9.17, 15) is 15.2 Å². The van der Waals surface area contributed by atoms with Crippen LogP contribution in [0.4, 0.5) is 5.69 Å². The molecule has 2 aromatic rings. The Labute approximate surface area is 114 Å². The number of rotatable bonds is 6. The minimum atomic E-state index is -0.551. The molecule has 1 heterocycles. The Kier molecular flexibility index (Phi) is 4.62. The van der Waals surface area contributed by atoms with Crippen molar-refractivity contribution in [3.63, 3.8) is 0 Å². The molecule has 5 nitrogen and oxygen atoms in total. The molecule has 0 aliphatic carbocycles. The van der Waals surface area contributed by atoms with Crippen LogP contribution < -0.4 is 5.32 Å². The van der Waals surface area contributed by atoms with Crippen molar-refractivity contribution in [3.05, 3.63) is 62.3 Å². The predicted molar refractivity (Wildman–Crippen MR) is 74.1 cm³/mol. The van der Waals surface area contributed by atoms with Crippen molar-refractivity contribution in [3.8, 4) is 0 Å². The molecule has 6 heteroatoms. The number of nitro benzene ring substituents is 1. The van der Waals surface area contributed by atoms with Gasteiger partial charge in [-0.25, -0.2) is 0 Å². The maximum absolute atomic E-state index is 10.6. The quantitative estimate of drug-likeness (QED) is 0.628. The Morgan fingerprint density at radius 1 is 1.42 bits per heavy atom. The summed E-state index contributed by atoms with van der Waals surface area (Å²) in [5.41, 5.74) is 1.79. The zero-order chi connectivity index (χ0) is 13.7. The smallest absolute Gasteiger partial charge is 0.269 e. The summed E-state index contributed by atoms with van der Waals surface area (Å²) in [5, 5.41) is 27.4. The highest BCUT2D eigenvalue weighted by molar-refractivity contribution is 7.07. The number of aliphatic hydroxyl groups is 1.